The number of methoxy groups -OCH3 is 1. The molecule has 0 aliphatic heterocycles. The molecular formula is C12H19NO. The number of ether oxygens (including phenoxy) is 1. The van der Waals surface area contributed by atoms with Crippen LogP contribution >= 0.6 is 0 Å². The molecule has 0 saturated carbocycles. The summed E-state index contributed by atoms with van der Waals surface area (Å²) in [6.07, 6.45) is 0.879. The second-order valence-electron chi connectivity index (χ2n) is 3.81. The zero-order chi connectivity index (χ0) is 10.6. The Balaban J connectivity index is 2.94. The lowest BCUT2D eigenvalue weighted by Gasteiger charge is -2.27. The molecule has 0 bridgehead atoms. The third-order valence-corrected chi connectivity index (χ3v) is 2.66. The third-order valence-electron chi connectivity index (χ3n) is 2.66. The van der Waals surface area contributed by atoms with E-state index in [1.165, 1.54) is 5.56 Å². The molecule has 1 aromatic carbocycles. The van der Waals surface area contributed by atoms with Crippen LogP contribution in [0.1, 0.15) is 24.5 Å². The zero-order valence-electron chi connectivity index (χ0n) is 9.21. The topological polar surface area (TPSA) is 35.2 Å². The first kappa shape index (κ1) is 11.2. The first-order valence-electron chi connectivity index (χ1n) is 4.97. The molecule has 0 spiro atoms. The predicted octanol–water partition coefficient (Wildman–Crippen LogP) is 2.21. The first-order valence-corrected chi connectivity index (χ1v) is 4.97. The lowest BCUT2D eigenvalue weighted by molar-refractivity contribution is 0.129. The van der Waals surface area contributed by atoms with Crippen molar-refractivity contribution < 1.29 is 4.74 Å². The van der Waals surface area contributed by atoms with Crippen molar-refractivity contribution in [2.75, 3.05) is 13.7 Å². The van der Waals surface area contributed by atoms with Gasteiger partial charge in [0, 0.05) is 7.11 Å². The Morgan fingerprint density at radius 1 is 1.29 bits per heavy atom. The largest absolute Gasteiger partial charge is 0.382 e. The molecule has 0 aliphatic carbocycles. The van der Waals surface area contributed by atoms with Crippen LogP contribution in [0.3, 0.4) is 0 Å². The predicted molar refractivity (Wildman–Crippen MR) is 59.2 cm³/mol. The van der Waals surface area contributed by atoms with E-state index in [2.05, 4.69) is 38.1 Å². The summed E-state index contributed by atoms with van der Waals surface area (Å²) < 4.78 is 5.16. The van der Waals surface area contributed by atoms with E-state index in [1.54, 1.807) is 7.11 Å². The van der Waals surface area contributed by atoms with Crippen LogP contribution in [0.4, 0.5) is 0 Å². The average molecular weight is 193 g/mol. The Morgan fingerprint density at radius 2 is 1.86 bits per heavy atom. The highest BCUT2D eigenvalue weighted by Gasteiger charge is 2.24. The van der Waals surface area contributed by atoms with Gasteiger partial charge in [0.15, 0.2) is 0 Å². The van der Waals surface area contributed by atoms with Crippen LogP contribution in [0.25, 0.3) is 0 Å². The quantitative estimate of drug-likeness (QED) is 0.795. The summed E-state index contributed by atoms with van der Waals surface area (Å²) in [4.78, 5) is 0. The van der Waals surface area contributed by atoms with E-state index in [1.807, 2.05) is 0 Å². The number of nitrogens with two attached hydrogens (primary N) is 1. The molecule has 2 N–H and O–H groups in total. The summed E-state index contributed by atoms with van der Waals surface area (Å²) in [6, 6.07) is 8.33. The Bertz CT molecular complexity index is 281. The summed E-state index contributed by atoms with van der Waals surface area (Å²) in [5.74, 6) is 0. The van der Waals surface area contributed by atoms with Crippen LogP contribution in [-0.4, -0.2) is 13.7 Å². The highest BCUT2D eigenvalue weighted by Crippen LogP contribution is 2.22. The van der Waals surface area contributed by atoms with Gasteiger partial charge in [-0.15, -0.1) is 0 Å². The van der Waals surface area contributed by atoms with Crippen LogP contribution in [0, 0.1) is 6.92 Å². The van der Waals surface area contributed by atoms with Gasteiger partial charge in [0.2, 0.25) is 0 Å². The maximum atomic E-state index is 6.25. The maximum absolute atomic E-state index is 6.25. The molecule has 1 aromatic rings. The summed E-state index contributed by atoms with van der Waals surface area (Å²) >= 11 is 0. The smallest absolute Gasteiger partial charge is 0.0684 e. The second kappa shape index (κ2) is 4.58. The number of hydrogen-bond acceptors (Lipinski definition) is 2. The van der Waals surface area contributed by atoms with E-state index in [-0.39, 0.29) is 5.54 Å². The molecule has 0 fully saturated rings. The van der Waals surface area contributed by atoms with E-state index < -0.39 is 0 Å². The van der Waals surface area contributed by atoms with Gasteiger partial charge in [0.05, 0.1) is 12.1 Å². The van der Waals surface area contributed by atoms with Crippen LogP contribution in [0.15, 0.2) is 24.3 Å². The highest BCUT2D eigenvalue weighted by molar-refractivity contribution is 5.27. The molecule has 0 radical (unpaired) electrons. The Kier molecular flexibility index (Phi) is 3.67. The molecule has 0 aromatic heterocycles. The summed E-state index contributed by atoms with van der Waals surface area (Å²) in [5, 5.41) is 0. The van der Waals surface area contributed by atoms with Crippen molar-refractivity contribution in [1.29, 1.82) is 0 Å². The van der Waals surface area contributed by atoms with Crippen LogP contribution in [0.5, 0.6) is 0 Å². The van der Waals surface area contributed by atoms with Gasteiger partial charge >= 0.3 is 0 Å². The summed E-state index contributed by atoms with van der Waals surface area (Å²) in [7, 11) is 1.69. The standard InChI is InChI=1S/C12H19NO/c1-4-12(13,9-14-3)11-7-5-10(2)6-8-11/h5-8H,4,9,13H2,1-3H3. The normalized spacial score (nSPS) is 15.1. The molecule has 0 amide bonds. The molecule has 1 atom stereocenters. The van der Waals surface area contributed by atoms with Crippen molar-refractivity contribution in [3.63, 3.8) is 0 Å². The van der Waals surface area contributed by atoms with E-state index in [0.717, 1.165) is 12.0 Å². The number of benzene rings is 1. The summed E-state index contributed by atoms with van der Waals surface area (Å²) in [6.45, 7) is 4.72. The Hall–Kier alpha value is -0.860. The lowest BCUT2D eigenvalue weighted by Crippen LogP contribution is -2.40. The molecule has 0 aliphatic rings. The average Bonchev–Trinajstić information content (AvgIpc) is 2.19. The van der Waals surface area contributed by atoms with E-state index in [4.69, 9.17) is 10.5 Å². The van der Waals surface area contributed by atoms with Crippen LogP contribution in [0.2, 0.25) is 0 Å². The third kappa shape index (κ3) is 2.34. The fourth-order valence-electron chi connectivity index (χ4n) is 1.53. The van der Waals surface area contributed by atoms with Crippen molar-refractivity contribution in [2.24, 2.45) is 5.73 Å². The van der Waals surface area contributed by atoms with Crippen LogP contribution < -0.4 is 5.73 Å². The van der Waals surface area contributed by atoms with Gasteiger partial charge in [-0.3, -0.25) is 0 Å². The van der Waals surface area contributed by atoms with Gasteiger partial charge in [-0.25, -0.2) is 0 Å². The lowest BCUT2D eigenvalue weighted by atomic mass is 9.89. The second-order valence-corrected chi connectivity index (χ2v) is 3.81. The van der Waals surface area contributed by atoms with Gasteiger partial charge in [-0.1, -0.05) is 36.8 Å². The summed E-state index contributed by atoms with van der Waals surface area (Å²) in [5.41, 5.74) is 8.31. The number of aryl methyl sites for hydroxylation is 1. The van der Waals surface area contributed by atoms with Crippen molar-refractivity contribution in [3.05, 3.63) is 35.4 Å². The minimum atomic E-state index is -0.345. The van der Waals surface area contributed by atoms with Gasteiger partial charge in [0.25, 0.3) is 0 Å². The van der Waals surface area contributed by atoms with Gasteiger partial charge < -0.3 is 10.5 Å². The van der Waals surface area contributed by atoms with Crippen molar-refractivity contribution >= 4 is 0 Å². The molecule has 2 nitrogen and oxygen atoms in total. The van der Waals surface area contributed by atoms with Gasteiger partial charge in [-0.2, -0.15) is 0 Å². The zero-order valence-corrected chi connectivity index (χ0v) is 9.21. The molecule has 14 heavy (non-hydrogen) atoms. The van der Waals surface area contributed by atoms with E-state index in [9.17, 15) is 0 Å². The highest BCUT2D eigenvalue weighted by atomic mass is 16.5. The molecule has 0 heterocycles. The van der Waals surface area contributed by atoms with Crippen LogP contribution in [-0.2, 0) is 10.3 Å². The van der Waals surface area contributed by atoms with Crippen molar-refractivity contribution in [1.82, 2.24) is 0 Å². The minimum absolute atomic E-state index is 0.345. The molecule has 0 saturated heterocycles. The van der Waals surface area contributed by atoms with Gasteiger partial charge in [-0.05, 0) is 18.9 Å². The molecule has 1 unspecified atom stereocenters. The van der Waals surface area contributed by atoms with E-state index in [0.29, 0.717) is 6.61 Å². The monoisotopic (exact) mass is 193 g/mol. The first-order chi connectivity index (χ1) is 6.62. The Morgan fingerprint density at radius 3 is 2.29 bits per heavy atom. The molecule has 78 valence electrons. The molecular weight excluding hydrogens is 174 g/mol. The molecule has 1 rings (SSSR count). The van der Waals surface area contributed by atoms with E-state index >= 15 is 0 Å². The van der Waals surface area contributed by atoms with Crippen molar-refractivity contribution in [3.8, 4) is 0 Å². The SMILES string of the molecule is CCC(N)(COC)c1ccc(C)cc1. The Labute approximate surface area is 86.1 Å². The fraction of sp³-hybridized carbons (Fsp3) is 0.500. The maximum Gasteiger partial charge on any atom is 0.0684 e. The fourth-order valence-corrected chi connectivity index (χ4v) is 1.53. The number of rotatable bonds is 4. The van der Waals surface area contributed by atoms with Gasteiger partial charge in [0.1, 0.15) is 0 Å². The molecule has 2 heteroatoms. The minimum Gasteiger partial charge on any atom is -0.382 e. The van der Waals surface area contributed by atoms with Crippen molar-refractivity contribution in [2.45, 2.75) is 25.8 Å². The number of hydrogen-bond donors (Lipinski definition) is 1.